The van der Waals surface area contributed by atoms with E-state index >= 15 is 0 Å². The Bertz CT molecular complexity index is 639. The minimum Gasteiger partial charge on any atom is -0.490 e. The lowest BCUT2D eigenvalue weighted by atomic mass is 9.98. The zero-order valence-electron chi connectivity index (χ0n) is 15.1. The molecule has 2 aromatic rings. The number of likely N-dealkylation sites (tertiary alicyclic amines) is 1. The monoisotopic (exact) mass is 344 g/mol. The average Bonchev–Trinajstić information content (AvgIpc) is 3.07. The zero-order valence-corrected chi connectivity index (χ0v) is 15.1. The lowest BCUT2D eigenvalue weighted by molar-refractivity contribution is 0.0491. The molecule has 0 spiro atoms. The maximum Gasteiger partial charge on any atom is 0.137 e. The van der Waals surface area contributed by atoms with Crippen molar-refractivity contribution < 1.29 is 9.84 Å². The van der Waals surface area contributed by atoms with E-state index in [1.807, 2.05) is 36.7 Å². The second-order valence-electron chi connectivity index (χ2n) is 7.07. The van der Waals surface area contributed by atoms with Gasteiger partial charge in [-0.1, -0.05) is 18.2 Å². The highest BCUT2D eigenvalue weighted by Gasteiger charge is 2.22. The van der Waals surface area contributed by atoms with Crippen LogP contribution in [0, 0.1) is 19.8 Å². The largest absolute Gasteiger partial charge is 0.490 e. The van der Waals surface area contributed by atoms with Crippen LogP contribution in [0.25, 0.3) is 0 Å². The van der Waals surface area contributed by atoms with Gasteiger partial charge in [0.15, 0.2) is 0 Å². The van der Waals surface area contributed by atoms with Crippen LogP contribution < -0.4 is 4.74 Å². The third-order valence-electron chi connectivity index (χ3n) is 4.81. The molecule has 1 saturated heterocycles. The first-order valence-corrected chi connectivity index (χ1v) is 9.03. The van der Waals surface area contributed by atoms with E-state index in [9.17, 15) is 5.11 Å². The number of aryl methyl sites for hydroxylation is 2. The minimum atomic E-state index is -0.482. The molecule has 1 aromatic carbocycles. The van der Waals surface area contributed by atoms with Crippen LogP contribution in [0.15, 0.2) is 30.9 Å². The third kappa shape index (κ3) is 5.03. The molecule has 0 amide bonds. The molecule has 1 aliphatic heterocycles. The summed E-state index contributed by atoms with van der Waals surface area (Å²) in [5, 5.41) is 14.6. The van der Waals surface area contributed by atoms with Crippen LogP contribution in [0.5, 0.6) is 5.75 Å². The lowest BCUT2D eigenvalue weighted by Crippen LogP contribution is -2.42. The summed E-state index contributed by atoms with van der Waals surface area (Å²) in [4.78, 5) is 6.34. The second-order valence-corrected chi connectivity index (χ2v) is 7.07. The van der Waals surface area contributed by atoms with Gasteiger partial charge >= 0.3 is 0 Å². The molecule has 2 heterocycles. The molecule has 0 saturated carbocycles. The summed E-state index contributed by atoms with van der Waals surface area (Å²) in [6.45, 7) is 7.97. The van der Waals surface area contributed by atoms with Crippen LogP contribution in [0.4, 0.5) is 0 Å². The first-order chi connectivity index (χ1) is 12.1. The molecule has 136 valence electrons. The van der Waals surface area contributed by atoms with E-state index in [1.54, 1.807) is 12.7 Å². The van der Waals surface area contributed by atoms with Crippen molar-refractivity contribution in [2.75, 3.05) is 26.2 Å². The fourth-order valence-corrected chi connectivity index (χ4v) is 3.61. The Morgan fingerprint density at radius 3 is 2.84 bits per heavy atom. The molecule has 0 aliphatic carbocycles. The topological polar surface area (TPSA) is 63.4 Å². The van der Waals surface area contributed by atoms with E-state index in [2.05, 4.69) is 15.0 Å². The fraction of sp³-hybridized carbons (Fsp3) is 0.579. The van der Waals surface area contributed by atoms with E-state index in [0.29, 0.717) is 19.1 Å². The molecule has 0 bridgehead atoms. The molecule has 0 radical (unpaired) electrons. The van der Waals surface area contributed by atoms with Crippen LogP contribution in [-0.2, 0) is 6.54 Å². The number of hydrogen-bond acceptors (Lipinski definition) is 5. The van der Waals surface area contributed by atoms with Crippen molar-refractivity contribution in [1.82, 2.24) is 19.7 Å². The van der Waals surface area contributed by atoms with Gasteiger partial charge in [-0.05, 0) is 50.3 Å². The van der Waals surface area contributed by atoms with Crippen molar-refractivity contribution in [3.8, 4) is 5.75 Å². The van der Waals surface area contributed by atoms with Crippen molar-refractivity contribution in [3.63, 3.8) is 0 Å². The molecule has 3 rings (SSSR count). The molecule has 2 atom stereocenters. The minimum absolute atomic E-state index is 0.329. The molecular weight excluding hydrogens is 316 g/mol. The van der Waals surface area contributed by atoms with E-state index < -0.39 is 6.10 Å². The highest BCUT2D eigenvalue weighted by atomic mass is 16.5. The standard InChI is InChI=1S/C19H28N4O2/c1-15-5-3-6-16(2)19(15)25-12-18(24)11-22-8-4-7-17(9-22)10-23-14-20-13-21-23/h3,5-6,13-14,17-18,24H,4,7-12H2,1-2H3/t17-,18+/m0/s1. The Labute approximate surface area is 149 Å². The number of aromatic nitrogens is 3. The Morgan fingerprint density at radius 1 is 1.32 bits per heavy atom. The third-order valence-corrected chi connectivity index (χ3v) is 4.81. The first kappa shape index (κ1) is 17.9. The fourth-order valence-electron chi connectivity index (χ4n) is 3.61. The quantitative estimate of drug-likeness (QED) is 0.833. The van der Waals surface area contributed by atoms with Gasteiger partial charge in [-0.25, -0.2) is 4.98 Å². The SMILES string of the molecule is Cc1cccc(C)c1OC[C@H](O)CN1CCC[C@H](Cn2cncn2)C1. The smallest absolute Gasteiger partial charge is 0.137 e. The van der Waals surface area contributed by atoms with Crippen LogP contribution in [0.2, 0.25) is 0 Å². The Balaban J connectivity index is 1.46. The van der Waals surface area contributed by atoms with Crippen molar-refractivity contribution in [3.05, 3.63) is 42.0 Å². The average molecular weight is 344 g/mol. The number of ether oxygens (including phenoxy) is 1. The highest BCUT2D eigenvalue weighted by molar-refractivity contribution is 5.39. The molecule has 6 nitrogen and oxygen atoms in total. The van der Waals surface area contributed by atoms with E-state index in [0.717, 1.165) is 42.9 Å². The van der Waals surface area contributed by atoms with Gasteiger partial charge in [0.05, 0.1) is 0 Å². The molecule has 1 aliphatic rings. The summed E-state index contributed by atoms with van der Waals surface area (Å²) >= 11 is 0. The van der Waals surface area contributed by atoms with Crippen molar-refractivity contribution >= 4 is 0 Å². The highest BCUT2D eigenvalue weighted by Crippen LogP contribution is 2.23. The maximum atomic E-state index is 10.4. The Hall–Kier alpha value is -1.92. The normalized spacial score (nSPS) is 19.7. The molecule has 25 heavy (non-hydrogen) atoms. The van der Waals surface area contributed by atoms with Crippen LogP contribution in [0.1, 0.15) is 24.0 Å². The van der Waals surface area contributed by atoms with Crippen LogP contribution >= 0.6 is 0 Å². The number of piperidine rings is 1. The number of β-amino-alcohol motifs (C(OH)–C–C–N with tert-alkyl or cyclic N) is 1. The molecule has 1 aromatic heterocycles. The van der Waals surface area contributed by atoms with Crippen molar-refractivity contribution in [2.24, 2.45) is 5.92 Å². The second kappa shape index (κ2) is 8.45. The summed E-state index contributed by atoms with van der Waals surface area (Å²) in [6, 6.07) is 6.10. The van der Waals surface area contributed by atoms with Gasteiger partial charge in [-0.2, -0.15) is 5.10 Å². The molecule has 1 N–H and O–H groups in total. The first-order valence-electron chi connectivity index (χ1n) is 9.03. The van der Waals surface area contributed by atoms with Gasteiger partial charge in [-0.3, -0.25) is 4.68 Å². The van der Waals surface area contributed by atoms with Crippen molar-refractivity contribution in [1.29, 1.82) is 0 Å². The molecule has 6 heteroatoms. The number of benzene rings is 1. The van der Waals surface area contributed by atoms with Gasteiger partial charge in [-0.15, -0.1) is 0 Å². The van der Waals surface area contributed by atoms with Crippen LogP contribution in [-0.4, -0.2) is 57.1 Å². The van der Waals surface area contributed by atoms with Gasteiger partial charge < -0.3 is 14.7 Å². The Morgan fingerprint density at radius 2 is 2.12 bits per heavy atom. The number of hydrogen-bond donors (Lipinski definition) is 1. The zero-order chi connectivity index (χ0) is 17.6. The van der Waals surface area contributed by atoms with Crippen molar-refractivity contribution in [2.45, 2.75) is 39.3 Å². The summed E-state index contributed by atoms with van der Waals surface area (Å²) in [5.74, 6) is 1.45. The number of aliphatic hydroxyl groups is 1. The summed E-state index contributed by atoms with van der Waals surface area (Å²) in [6.07, 6.45) is 5.22. The van der Waals surface area contributed by atoms with Gasteiger partial charge in [0, 0.05) is 19.6 Å². The molecule has 1 fully saturated rings. The molecular formula is C19H28N4O2. The lowest BCUT2D eigenvalue weighted by Gasteiger charge is -2.33. The maximum absolute atomic E-state index is 10.4. The van der Waals surface area contributed by atoms with Gasteiger partial charge in [0.1, 0.15) is 31.1 Å². The van der Waals surface area contributed by atoms with E-state index in [1.165, 1.54) is 6.42 Å². The van der Waals surface area contributed by atoms with Gasteiger partial charge in [0.2, 0.25) is 0 Å². The summed E-state index contributed by atoms with van der Waals surface area (Å²) in [5.41, 5.74) is 2.22. The summed E-state index contributed by atoms with van der Waals surface area (Å²) < 4.78 is 7.78. The van der Waals surface area contributed by atoms with E-state index in [-0.39, 0.29) is 0 Å². The van der Waals surface area contributed by atoms with E-state index in [4.69, 9.17) is 4.74 Å². The summed E-state index contributed by atoms with van der Waals surface area (Å²) in [7, 11) is 0. The number of nitrogens with zero attached hydrogens (tertiary/aromatic N) is 4. The Kier molecular flexibility index (Phi) is 6.04. The predicted octanol–water partition coefficient (Wildman–Crippen LogP) is 2.05. The number of aliphatic hydroxyl groups excluding tert-OH is 1. The number of rotatable bonds is 7. The van der Waals surface area contributed by atoms with Gasteiger partial charge in [0.25, 0.3) is 0 Å². The number of para-hydroxylation sites is 1. The predicted molar refractivity (Wildman–Crippen MR) is 96.6 cm³/mol. The molecule has 0 unspecified atom stereocenters. The van der Waals surface area contributed by atoms with Crippen LogP contribution in [0.3, 0.4) is 0 Å².